The largest absolute Gasteiger partial charge is 0.493 e. The van der Waals surface area contributed by atoms with Crippen molar-refractivity contribution in [2.45, 2.75) is 13.0 Å². The highest BCUT2D eigenvalue weighted by molar-refractivity contribution is 5.73. The van der Waals surface area contributed by atoms with Crippen LogP contribution in [0.4, 0.5) is 5.69 Å². The summed E-state index contributed by atoms with van der Waals surface area (Å²) in [4.78, 5) is 10.8. The fourth-order valence-electron chi connectivity index (χ4n) is 2.68. The molecular formula is C14H16N4O4. The number of benzene rings is 1. The van der Waals surface area contributed by atoms with Crippen molar-refractivity contribution in [3.8, 4) is 22.8 Å². The van der Waals surface area contributed by atoms with E-state index in [9.17, 15) is 10.1 Å². The lowest BCUT2D eigenvalue weighted by Gasteiger charge is -2.14. The van der Waals surface area contributed by atoms with E-state index in [2.05, 4.69) is 15.5 Å². The molecule has 0 radical (unpaired) electrons. The van der Waals surface area contributed by atoms with Crippen LogP contribution in [-0.4, -0.2) is 35.9 Å². The first kappa shape index (κ1) is 14.3. The van der Waals surface area contributed by atoms with E-state index < -0.39 is 4.92 Å². The minimum absolute atomic E-state index is 0.110. The van der Waals surface area contributed by atoms with Crippen LogP contribution in [-0.2, 0) is 13.0 Å². The molecule has 0 bridgehead atoms. The van der Waals surface area contributed by atoms with Crippen molar-refractivity contribution in [3.63, 3.8) is 0 Å². The standard InChI is InChI=1S/C14H16N4O4/c1-21-12-6-8(5-11(18(19)20)14(12)22-2)13-9-7-15-4-3-10(9)16-17-13/h5-6,15H,3-4,7H2,1-2H3,(H,16,17). The summed E-state index contributed by atoms with van der Waals surface area (Å²) in [5.41, 5.74) is 3.29. The Hall–Kier alpha value is -2.61. The zero-order chi connectivity index (χ0) is 15.7. The third kappa shape index (κ3) is 2.27. The van der Waals surface area contributed by atoms with Crippen LogP contribution in [0.15, 0.2) is 12.1 Å². The first-order valence-electron chi connectivity index (χ1n) is 6.83. The van der Waals surface area contributed by atoms with Gasteiger partial charge in [0.15, 0.2) is 5.75 Å². The number of fused-ring (bicyclic) bond motifs is 1. The molecule has 0 saturated heterocycles. The van der Waals surface area contributed by atoms with Crippen LogP contribution in [0.25, 0.3) is 11.3 Å². The number of hydrogen-bond acceptors (Lipinski definition) is 6. The molecule has 0 fully saturated rings. The highest BCUT2D eigenvalue weighted by Gasteiger charge is 2.25. The molecule has 2 heterocycles. The summed E-state index contributed by atoms with van der Waals surface area (Å²) in [6.45, 7) is 1.57. The van der Waals surface area contributed by atoms with Gasteiger partial charge >= 0.3 is 5.69 Å². The Bertz CT molecular complexity index is 726. The number of hydrogen-bond donors (Lipinski definition) is 2. The van der Waals surface area contributed by atoms with Gasteiger partial charge in [0.05, 0.1) is 24.8 Å². The maximum atomic E-state index is 11.3. The van der Waals surface area contributed by atoms with Gasteiger partial charge in [0.25, 0.3) is 0 Å². The summed E-state index contributed by atoms with van der Waals surface area (Å²) in [5, 5.41) is 21.9. The summed E-state index contributed by atoms with van der Waals surface area (Å²) < 4.78 is 10.3. The van der Waals surface area contributed by atoms with Gasteiger partial charge in [-0.2, -0.15) is 5.10 Å². The fourth-order valence-corrected chi connectivity index (χ4v) is 2.68. The Balaban J connectivity index is 2.17. The van der Waals surface area contributed by atoms with Crippen LogP contribution in [0, 0.1) is 10.1 Å². The molecule has 0 saturated carbocycles. The molecule has 0 unspecified atom stereocenters. The Labute approximate surface area is 126 Å². The molecule has 116 valence electrons. The normalized spacial score (nSPS) is 13.5. The summed E-state index contributed by atoms with van der Waals surface area (Å²) in [5.74, 6) is 0.422. The van der Waals surface area contributed by atoms with Gasteiger partial charge in [-0.15, -0.1) is 0 Å². The Kier molecular flexibility index (Phi) is 3.68. The monoisotopic (exact) mass is 304 g/mol. The van der Waals surface area contributed by atoms with Crippen molar-refractivity contribution in [1.29, 1.82) is 0 Å². The second kappa shape index (κ2) is 5.64. The summed E-state index contributed by atoms with van der Waals surface area (Å²) >= 11 is 0. The third-order valence-electron chi connectivity index (χ3n) is 3.74. The van der Waals surface area contributed by atoms with Crippen molar-refractivity contribution in [2.24, 2.45) is 0 Å². The molecule has 1 aromatic heterocycles. The number of methoxy groups -OCH3 is 2. The van der Waals surface area contributed by atoms with Gasteiger partial charge < -0.3 is 14.8 Å². The van der Waals surface area contributed by atoms with E-state index in [0.717, 1.165) is 24.2 Å². The number of ether oxygens (including phenoxy) is 2. The molecule has 3 rings (SSSR count). The van der Waals surface area contributed by atoms with Crippen LogP contribution >= 0.6 is 0 Å². The molecule has 0 atom stereocenters. The lowest BCUT2D eigenvalue weighted by molar-refractivity contribution is -0.385. The van der Waals surface area contributed by atoms with Crippen molar-refractivity contribution in [1.82, 2.24) is 15.5 Å². The van der Waals surface area contributed by atoms with Gasteiger partial charge in [-0.1, -0.05) is 0 Å². The minimum atomic E-state index is -0.484. The van der Waals surface area contributed by atoms with Gasteiger partial charge in [0, 0.05) is 42.4 Å². The van der Waals surface area contributed by atoms with E-state index in [1.807, 2.05) is 0 Å². The Morgan fingerprint density at radius 2 is 2.14 bits per heavy atom. The number of aromatic nitrogens is 2. The van der Waals surface area contributed by atoms with Gasteiger partial charge in [0.1, 0.15) is 0 Å². The molecule has 8 heteroatoms. The smallest absolute Gasteiger partial charge is 0.315 e. The zero-order valence-electron chi connectivity index (χ0n) is 12.3. The average molecular weight is 304 g/mol. The number of rotatable bonds is 4. The third-order valence-corrected chi connectivity index (χ3v) is 3.74. The summed E-state index contributed by atoms with van der Waals surface area (Å²) in [6, 6.07) is 3.17. The molecule has 2 aromatic rings. The number of nitrogens with one attached hydrogen (secondary N) is 2. The molecule has 1 aliphatic heterocycles. The van der Waals surface area contributed by atoms with E-state index in [-0.39, 0.29) is 11.4 Å². The van der Waals surface area contributed by atoms with Gasteiger partial charge in [0.2, 0.25) is 5.75 Å². The van der Waals surface area contributed by atoms with Crippen LogP contribution in [0.5, 0.6) is 11.5 Å². The van der Waals surface area contributed by atoms with Gasteiger partial charge in [-0.25, -0.2) is 0 Å². The number of H-pyrrole nitrogens is 1. The number of aromatic amines is 1. The maximum absolute atomic E-state index is 11.3. The van der Waals surface area contributed by atoms with Crippen LogP contribution < -0.4 is 14.8 Å². The van der Waals surface area contributed by atoms with Crippen molar-refractivity contribution < 1.29 is 14.4 Å². The molecule has 22 heavy (non-hydrogen) atoms. The lowest BCUT2D eigenvalue weighted by atomic mass is 10.0. The number of nitrogens with zero attached hydrogens (tertiary/aromatic N) is 2. The highest BCUT2D eigenvalue weighted by Crippen LogP contribution is 2.41. The Morgan fingerprint density at radius 3 is 2.82 bits per heavy atom. The SMILES string of the molecule is COc1cc(-c2n[nH]c3c2CNCC3)cc([N+](=O)[O-])c1OC. The van der Waals surface area contributed by atoms with E-state index in [0.29, 0.717) is 23.6 Å². The van der Waals surface area contributed by atoms with E-state index in [4.69, 9.17) is 9.47 Å². The van der Waals surface area contributed by atoms with E-state index in [1.165, 1.54) is 20.3 Å². The van der Waals surface area contributed by atoms with Crippen LogP contribution in [0.3, 0.4) is 0 Å². The van der Waals surface area contributed by atoms with Crippen molar-refractivity contribution in [2.75, 3.05) is 20.8 Å². The number of nitro benzene ring substituents is 1. The van der Waals surface area contributed by atoms with Gasteiger partial charge in [-0.05, 0) is 6.07 Å². The average Bonchev–Trinajstić information content (AvgIpc) is 2.97. The molecule has 0 spiro atoms. The molecule has 1 aromatic carbocycles. The molecule has 0 aliphatic carbocycles. The first-order chi connectivity index (χ1) is 10.7. The quantitative estimate of drug-likeness (QED) is 0.657. The predicted molar refractivity (Wildman–Crippen MR) is 79.2 cm³/mol. The molecule has 2 N–H and O–H groups in total. The van der Waals surface area contributed by atoms with Crippen molar-refractivity contribution >= 4 is 5.69 Å². The van der Waals surface area contributed by atoms with Crippen LogP contribution in [0.2, 0.25) is 0 Å². The predicted octanol–water partition coefficient (Wildman–Crippen LogP) is 1.65. The maximum Gasteiger partial charge on any atom is 0.315 e. The highest BCUT2D eigenvalue weighted by atomic mass is 16.6. The molecule has 1 aliphatic rings. The number of nitro groups is 1. The molecular weight excluding hydrogens is 288 g/mol. The lowest BCUT2D eigenvalue weighted by Crippen LogP contribution is -2.23. The van der Waals surface area contributed by atoms with E-state index >= 15 is 0 Å². The topological polar surface area (TPSA) is 102 Å². The second-order valence-electron chi connectivity index (χ2n) is 4.94. The van der Waals surface area contributed by atoms with Gasteiger partial charge in [-0.3, -0.25) is 15.2 Å². The zero-order valence-corrected chi connectivity index (χ0v) is 12.3. The minimum Gasteiger partial charge on any atom is -0.493 e. The van der Waals surface area contributed by atoms with Crippen molar-refractivity contribution in [3.05, 3.63) is 33.5 Å². The summed E-state index contributed by atoms with van der Waals surface area (Å²) in [6.07, 6.45) is 0.859. The first-order valence-corrected chi connectivity index (χ1v) is 6.83. The van der Waals surface area contributed by atoms with Crippen LogP contribution in [0.1, 0.15) is 11.3 Å². The summed E-state index contributed by atoms with van der Waals surface area (Å²) in [7, 11) is 2.83. The fraction of sp³-hybridized carbons (Fsp3) is 0.357. The van der Waals surface area contributed by atoms with E-state index in [1.54, 1.807) is 6.07 Å². The molecule has 0 amide bonds. The second-order valence-corrected chi connectivity index (χ2v) is 4.94. The Morgan fingerprint density at radius 1 is 1.32 bits per heavy atom. The molecule has 8 nitrogen and oxygen atoms in total.